The van der Waals surface area contributed by atoms with E-state index < -0.39 is 0 Å². The maximum atomic E-state index is 5.81. The third-order valence-corrected chi connectivity index (χ3v) is 3.32. The van der Waals surface area contributed by atoms with E-state index in [-0.39, 0.29) is 12.4 Å². The lowest BCUT2D eigenvalue weighted by Gasteiger charge is -2.06. The lowest BCUT2D eigenvalue weighted by atomic mass is 10.1. The second-order valence-corrected chi connectivity index (χ2v) is 4.85. The maximum Gasteiger partial charge on any atom is 0.121 e. The number of aromatic nitrogens is 1. The van der Waals surface area contributed by atoms with E-state index in [9.17, 15) is 0 Å². The van der Waals surface area contributed by atoms with Gasteiger partial charge in [-0.3, -0.25) is 0 Å². The van der Waals surface area contributed by atoms with Gasteiger partial charge in [0.05, 0.1) is 17.1 Å². The molecule has 1 fully saturated rings. The Morgan fingerprint density at radius 3 is 2.53 bits per heavy atom. The van der Waals surface area contributed by atoms with Gasteiger partial charge in [-0.25, -0.2) is 4.98 Å². The van der Waals surface area contributed by atoms with Crippen LogP contribution in [0.2, 0.25) is 0 Å². The van der Waals surface area contributed by atoms with E-state index in [1.54, 1.807) is 0 Å². The molecule has 1 aliphatic rings. The van der Waals surface area contributed by atoms with Crippen molar-refractivity contribution in [1.82, 2.24) is 4.98 Å². The Bertz CT molecular complexity index is 737. The smallest absolute Gasteiger partial charge is 0.121 e. The highest BCUT2D eigenvalue weighted by molar-refractivity contribution is 5.93. The first-order chi connectivity index (χ1) is 8.88. The third kappa shape index (κ3) is 2.36. The van der Waals surface area contributed by atoms with Crippen LogP contribution in [-0.2, 0) is 0 Å². The van der Waals surface area contributed by atoms with Crippen LogP contribution in [0.25, 0.3) is 21.8 Å². The molecule has 0 amide bonds. The van der Waals surface area contributed by atoms with E-state index in [1.807, 2.05) is 30.3 Å². The van der Waals surface area contributed by atoms with Gasteiger partial charge in [0, 0.05) is 16.8 Å². The van der Waals surface area contributed by atoms with Crippen LogP contribution in [0, 0.1) is 0 Å². The zero-order chi connectivity index (χ0) is 11.9. The average molecular weight is 272 g/mol. The van der Waals surface area contributed by atoms with Crippen molar-refractivity contribution in [1.29, 1.82) is 0 Å². The summed E-state index contributed by atoms with van der Waals surface area (Å²) in [7, 11) is 0. The molecule has 0 atom stereocenters. The zero-order valence-electron chi connectivity index (χ0n) is 10.4. The number of benzene rings is 2. The molecule has 0 N–H and O–H groups in total. The maximum absolute atomic E-state index is 5.81. The Labute approximate surface area is 117 Å². The number of hydrogen-bond acceptors (Lipinski definition) is 2. The minimum atomic E-state index is 0. The fourth-order valence-corrected chi connectivity index (χ4v) is 2.20. The van der Waals surface area contributed by atoms with Crippen molar-refractivity contribution in [3.63, 3.8) is 0 Å². The first-order valence-electron chi connectivity index (χ1n) is 6.35. The summed E-state index contributed by atoms with van der Waals surface area (Å²) in [6, 6.07) is 16.5. The van der Waals surface area contributed by atoms with Crippen LogP contribution in [0.15, 0.2) is 48.5 Å². The molecule has 1 aromatic heterocycles. The highest BCUT2D eigenvalue weighted by Gasteiger charge is 2.23. The lowest BCUT2D eigenvalue weighted by molar-refractivity contribution is 0.303. The predicted octanol–water partition coefficient (Wildman–Crippen LogP) is 4.35. The number of hydrogen-bond donors (Lipinski definition) is 0. The van der Waals surface area contributed by atoms with E-state index in [2.05, 4.69) is 23.2 Å². The fraction of sp³-hybridized carbons (Fsp3) is 0.188. The van der Waals surface area contributed by atoms with Gasteiger partial charge >= 0.3 is 0 Å². The van der Waals surface area contributed by atoms with Gasteiger partial charge in [-0.15, -0.1) is 12.4 Å². The van der Waals surface area contributed by atoms with E-state index in [0.29, 0.717) is 6.10 Å². The minimum Gasteiger partial charge on any atom is -0.490 e. The summed E-state index contributed by atoms with van der Waals surface area (Å²) in [5.74, 6) is 0.938. The van der Waals surface area contributed by atoms with Gasteiger partial charge in [0.2, 0.25) is 0 Å². The minimum absolute atomic E-state index is 0. The van der Waals surface area contributed by atoms with Gasteiger partial charge < -0.3 is 4.74 Å². The third-order valence-electron chi connectivity index (χ3n) is 3.32. The molecule has 0 radical (unpaired) electrons. The molecular weight excluding hydrogens is 258 g/mol. The molecule has 4 rings (SSSR count). The molecule has 0 spiro atoms. The van der Waals surface area contributed by atoms with Crippen LogP contribution in [0.3, 0.4) is 0 Å². The highest BCUT2D eigenvalue weighted by atomic mass is 35.5. The van der Waals surface area contributed by atoms with Crippen LogP contribution in [0.1, 0.15) is 12.8 Å². The summed E-state index contributed by atoms with van der Waals surface area (Å²) in [5, 5.41) is 2.35. The van der Waals surface area contributed by atoms with Crippen molar-refractivity contribution in [3.8, 4) is 5.75 Å². The normalized spacial score (nSPS) is 14.3. The van der Waals surface area contributed by atoms with Crippen LogP contribution in [-0.4, -0.2) is 11.1 Å². The lowest BCUT2D eigenvalue weighted by Crippen LogP contribution is -1.95. The van der Waals surface area contributed by atoms with Crippen molar-refractivity contribution < 1.29 is 4.74 Å². The summed E-state index contributed by atoms with van der Waals surface area (Å²) in [6.07, 6.45) is 2.80. The SMILES string of the molecule is Cl.c1ccc2nc3cc(OC4CC4)ccc3cc2c1. The molecule has 96 valence electrons. The first kappa shape index (κ1) is 12.2. The highest BCUT2D eigenvalue weighted by Crippen LogP contribution is 2.29. The Hall–Kier alpha value is -1.80. The summed E-state index contributed by atoms with van der Waals surface area (Å²) in [6.45, 7) is 0. The molecule has 0 unspecified atom stereocenters. The second kappa shape index (κ2) is 4.71. The van der Waals surface area contributed by atoms with E-state index in [0.717, 1.165) is 22.2 Å². The number of para-hydroxylation sites is 1. The van der Waals surface area contributed by atoms with Crippen LogP contribution in [0.5, 0.6) is 5.75 Å². The topological polar surface area (TPSA) is 22.1 Å². The molecule has 19 heavy (non-hydrogen) atoms. The van der Waals surface area contributed by atoms with Crippen LogP contribution in [0.4, 0.5) is 0 Å². The largest absolute Gasteiger partial charge is 0.490 e. The van der Waals surface area contributed by atoms with Gasteiger partial charge in [-0.2, -0.15) is 0 Å². The van der Waals surface area contributed by atoms with Gasteiger partial charge in [0.1, 0.15) is 5.75 Å². The summed E-state index contributed by atoms with van der Waals surface area (Å²) in [5.41, 5.74) is 2.04. The molecule has 2 aromatic carbocycles. The van der Waals surface area contributed by atoms with Crippen molar-refractivity contribution in [3.05, 3.63) is 48.5 Å². The first-order valence-corrected chi connectivity index (χ1v) is 6.35. The number of halogens is 1. The average Bonchev–Trinajstić information content (AvgIpc) is 3.20. The van der Waals surface area contributed by atoms with Crippen molar-refractivity contribution in [2.45, 2.75) is 18.9 Å². The second-order valence-electron chi connectivity index (χ2n) is 4.85. The molecule has 0 aliphatic heterocycles. The molecule has 1 saturated carbocycles. The number of nitrogens with zero attached hydrogens (tertiary/aromatic N) is 1. The molecule has 2 nitrogen and oxygen atoms in total. The monoisotopic (exact) mass is 271 g/mol. The number of rotatable bonds is 2. The van der Waals surface area contributed by atoms with Crippen LogP contribution >= 0.6 is 12.4 Å². The molecular formula is C16H14ClNO. The zero-order valence-corrected chi connectivity index (χ0v) is 11.2. The number of fused-ring (bicyclic) bond motifs is 2. The Morgan fingerprint density at radius 1 is 0.895 bits per heavy atom. The van der Waals surface area contributed by atoms with Crippen LogP contribution < -0.4 is 4.74 Å². The summed E-state index contributed by atoms with van der Waals surface area (Å²) in [4.78, 5) is 4.69. The summed E-state index contributed by atoms with van der Waals surface area (Å²) >= 11 is 0. The molecule has 0 saturated heterocycles. The number of ether oxygens (including phenoxy) is 1. The van der Waals surface area contributed by atoms with E-state index in [4.69, 9.17) is 4.74 Å². The van der Waals surface area contributed by atoms with Gasteiger partial charge in [0.15, 0.2) is 0 Å². The van der Waals surface area contributed by atoms with Gasteiger partial charge in [0.25, 0.3) is 0 Å². The Morgan fingerprint density at radius 2 is 1.68 bits per heavy atom. The predicted molar refractivity (Wildman–Crippen MR) is 80.1 cm³/mol. The standard InChI is InChI=1S/C16H13NO.ClH/c1-2-4-15-11(3-1)9-12-5-6-14(10-16(12)17-15)18-13-7-8-13;/h1-6,9-10,13H,7-8H2;1H. The Kier molecular flexibility index (Phi) is 3.03. The summed E-state index contributed by atoms with van der Waals surface area (Å²) < 4.78 is 5.81. The molecule has 3 aromatic rings. The molecule has 0 bridgehead atoms. The number of pyridine rings is 1. The van der Waals surface area contributed by atoms with Gasteiger partial charge in [-0.1, -0.05) is 18.2 Å². The van der Waals surface area contributed by atoms with Crippen molar-refractivity contribution in [2.24, 2.45) is 0 Å². The van der Waals surface area contributed by atoms with Crippen molar-refractivity contribution >= 4 is 34.2 Å². The molecule has 1 aliphatic carbocycles. The quantitative estimate of drug-likeness (QED) is 0.647. The fourth-order valence-electron chi connectivity index (χ4n) is 2.20. The molecule has 3 heteroatoms. The van der Waals surface area contributed by atoms with E-state index in [1.165, 1.54) is 18.2 Å². The molecule has 1 heterocycles. The van der Waals surface area contributed by atoms with Crippen molar-refractivity contribution in [2.75, 3.05) is 0 Å². The Balaban J connectivity index is 0.00000110. The van der Waals surface area contributed by atoms with E-state index >= 15 is 0 Å². The van der Waals surface area contributed by atoms with Gasteiger partial charge in [-0.05, 0) is 37.1 Å².